The summed E-state index contributed by atoms with van der Waals surface area (Å²) in [4.78, 5) is 57.4. The molecule has 2 heterocycles. The first-order chi connectivity index (χ1) is 16.7. The van der Waals surface area contributed by atoms with E-state index in [4.69, 9.17) is 5.73 Å². The third kappa shape index (κ3) is 4.54. The van der Waals surface area contributed by atoms with Crippen molar-refractivity contribution in [2.75, 3.05) is 11.5 Å². The lowest BCUT2D eigenvalue weighted by Crippen LogP contribution is -2.36. The summed E-state index contributed by atoms with van der Waals surface area (Å²) < 4.78 is 16.7. The fourth-order valence-corrected chi connectivity index (χ4v) is 4.55. The second-order valence-electron chi connectivity index (χ2n) is 7.87. The van der Waals surface area contributed by atoms with Gasteiger partial charge in [0, 0.05) is 6.54 Å². The van der Waals surface area contributed by atoms with Gasteiger partial charge in [0.2, 0.25) is 0 Å². The first-order valence-corrected chi connectivity index (χ1v) is 11.8. The maximum atomic E-state index is 14.3. The number of benzene rings is 2. The molecule has 4 aromatic rings. The van der Waals surface area contributed by atoms with Crippen LogP contribution in [0, 0.1) is 12.7 Å². The molecule has 3 N–H and O–H groups in total. The normalized spacial score (nSPS) is 11.2. The first-order valence-electron chi connectivity index (χ1n) is 10.8. The largest absolute Gasteiger partial charge is 0.384 e. The van der Waals surface area contributed by atoms with Gasteiger partial charge in [0.05, 0.1) is 22.3 Å². The van der Waals surface area contributed by atoms with E-state index in [2.05, 4.69) is 9.97 Å². The Morgan fingerprint density at radius 3 is 2.63 bits per heavy atom. The summed E-state index contributed by atoms with van der Waals surface area (Å²) in [7, 11) is 0. The van der Waals surface area contributed by atoms with Gasteiger partial charge in [0.25, 0.3) is 11.1 Å². The number of aryl methyl sites for hydroxylation is 1. The lowest BCUT2D eigenvalue weighted by atomic mass is 10.2. The minimum Gasteiger partial charge on any atom is -0.384 e. The van der Waals surface area contributed by atoms with Crippen molar-refractivity contribution >= 4 is 34.3 Å². The Kier molecular flexibility index (Phi) is 6.70. The number of nitrogens with zero attached hydrogens (tertiary/aromatic N) is 3. The molecular weight excluding hydrogens is 473 g/mol. The smallest absolute Gasteiger partial charge is 0.329 e. The number of carbonyl (C=O) groups excluding carboxylic acids is 1. The number of anilines is 1. The molecule has 0 aliphatic rings. The number of para-hydroxylation sites is 1. The molecule has 0 unspecified atom stereocenters. The molecule has 9 nitrogen and oxygen atoms in total. The molecule has 0 atom stereocenters. The van der Waals surface area contributed by atoms with Gasteiger partial charge >= 0.3 is 5.69 Å². The summed E-state index contributed by atoms with van der Waals surface area (Å²) in [5.41, 5.74) is 4.73. The number of ketones is 1. The fourth-order valence-electron chi connectivity index (χ4n) is 3.66. The minimum atomic E-state index is -0.880. The molecule has 4 rings (SSSR count). The maximum absolute atomic E-state index is 14.3. The molecular formula is C24H22FN5O4S. The number of H-pyrrole nitrogens is 1. The number of aromatic amines is 1. The number of nitrogen functional groups attached to an aromatic ring is 1. The molecule has 0 bridgehead atoms. The number of nitrogens with two attached hydrogens (primary N) is 1. The van der Waals surface area contributed by atoms with E-state index in [1.165, 1.54) is 10.6 Å². The first kappa shape index (κ1) is 24.1. The SMILES string of the molecule is CCCn1c(N)c(C(=O)CSc2nc3ccccc3c(=O)n2-c2ccc(C)c(F)c2)c(=O)[nH]c1=O. The van der Waals surface area contributed by atoms with Gasteiger partial charge < -0.3 is 5.73 Å². The van der Waals surface area contributed by atoms with E-state index in [1.54, 1.807) is 43.3 Å². The predicted molar refractivity (Wildman–Crippen MR) is 133 cm³/mol. The van der Waals surface area contributed by atoms with Crippen LogP contribution in [-0.2, 0) is 6.54 Å². The lowest BCUT2D eigenvalue weighted by Gasteiger charge is -2.14. The molecule has 0 radical (unpaired) electrons. The summed E-state index contributed by atoms with van der Waals surface area (Å²) in [6.45, 7) is 3.67. The van der Waals surface area contributed by atoms with Gasteiger partial charge in [-0.3, -0.25) is 28.5 Å². The van der Waals surface area contributed by atoms with Crippen molar-refractivity contribution in [1.29, 1.82) is 0 Å². The number of rotatable bonds is 7. The standard InChI is InChI=1S/C24H22FN5O4S/c1-3-10-29-20(26)19(21(32)28-23(29)34)18(31)12-35-24-27-17-7-5-4-6-15(17)22(33)30(24)14-9-8-13(2)16(25)11-14/h4-9,11H,3,10,12,26H2,1-2H3,(H,28,32,34). The Balaban J connectivity index is 1.79. The van der Waals surface area contributed by atoms with Gasteiger partial charge in [-0.25, -0.2) is 14.2 Å². The molecule has 2 aromatic carbocycles. The van der Waals surface area contributed by atoms with Crippen LogP contribution >= 0.6 is 11.8 Å². The van der Waals surface area contributed by atoms with Gasteiger partial charge in [-0.1, -0.05) is 36.9 Å². The minimum absolute atomic E-state index is 0.141. The summed E-state index contributed by atoms with van der Waals surface area (Å²) >= 11 is 0.909. The van der Waals surface area contributed by atoms with Crippen molar-refractivity contribution < 1.29 is 9.18 Å². The molecule has 2 aromatic heterocycles. The molecule has 0 aliphatic carbocycles. The van der Waals surface area contributed by atoms with Gasteiger partial charge in [-0.2, -0.15) is 0 Å². The van der Waals surface area contributed by atoms with Crippen LogP contribution in [-0.4, -0.2) is 30.6 Å². The Hall–Kier alpha value is -3.99. The van der Waals surface area contributed by atoms with E-state index in [-0.39, 0.29) is 34.5 Å². The zero-order chi connectivity index (χ0) is 25.3. The van der Waals surface area contributed by atoms with Crippen LogP contribution in [0.2, 0.25) is 0 Å². The Morgan fingerprint density at radius 2 is 1.91 bits per heavy atom. The number of fused-ring (bicyclic) bond motifs is 1. The Bertz CT molecular complexity index is 1640. The summed E-state index contributed by atoms with van der Waals surface area (Å²) in [6, 6.07) is 11.1. The number of aromatic nitrogens is 4. The molecule has 0 fully saturated rings. The van der Waals surface area contributed by atoms with Crippen LogP contribution in [0.15, 0.2) is 62.0 Å². The highest BCUT2D eigenvalue weighted by Gasteiger charge is 2.21. The van der Waals surface area contributed by atoms with Crippen LogP contribution in [0.1, 0.15) is 29.3 Å². The number of nitrogens with one attached hydrogen (secondary N) is 1. The van der Waals surface area contributed by atoms with E-state index in [9.17, 15) is 23.6 Å². The van der Waals surface area contributed by atoms with Crippen molar-refractivity contribution in [3.05, 3.63) is 90.6 Å². The third-order valence-corrected chi connectivity index (χ3v) is 6.40. The van der Waals surface area contributed by atoms with Crippen LogP contribution in [0.5, 0.6) is 0 Å². The predicted octanol–water partition coefficient (Wildman–Crippen LogP) is 2.65. The van der Waals surface area contributed by atoms with Crippen LogP contribution < -0.4 is 22.5 Å². The van der Waals surface area contributed by atoms with Gasteiger partial charge in [0.15, 0.2) is 10.9 Å². The molecule has 0 spiro atoms. The second kappa shape index (κ2) is 9.71. The molecule has 0 aliphatic heterocycles. The number of hydrogen-bond acceptors (Lipinski definition) is 7. The van der Waals surface area contributed by atoms with Crippen molar-refractivity contribution in [2.45, 2.75) is 32.0 Å². The summed E-state index contributed by atoms with van der Waals surface area (Å²) in [5, 5.41) is 0.471. The second-order valence-corrected chi connectivity index (χ2v) is 8.81. The highest BCUT2D eigenvalue weighted by Crippen LogP contribution is 2.23. The Morgan fingerprint density at radius 1 is 1.17 bits per heavy atom. The van der Waals surface area contributed by atoms with E-state index >= 15 is 0 Å². The average molecular weight is 496 g/mol. The topological polar surface area (TPSA) is 133 Å². The van der Waals surface area contributed by atoms with E-state index in [0.29, 0.717) is 22.9 Å². The van der Waals surface area contributed by atoms with E-state index in [1.807, 2.05) is 6.92 Å². The maximum Gasteiger partial charge on any atom is 0.329 e. The Labute approximate surface area is 202 Å². The van der Waals surface area contributed by atoms with E-state index in [0.717, 1.165) is 16.3 Å². The number of carbonyl (C=O) groups is 1. The van der Waals surface area contributed by atoms with Crippen LogP contribution in [0.25, 0.3) is 16.6 Å². The zero-order valence-electron chi connectivity index (χ0n) is 19.0. The summed E-state index contributed by atoms with van der Waals surface area (Å²) in [6.07, 6.45) is 0.568. The zero-order valence-corrected chi connectivity index (χ0v) is 19.8. The number of halogens is 1. The molecule has 180 valence electrons. The highest BCUT2D eigenvalue weighted by atomic mass is 32.2. The fraction of sp³-hybridized carbons (Fsp3) is 0.208. The monoisotopic (exact) mass is 495 g/mol. The van der Waals surface area contributed by atoms with Crippen molar-refractivity contribution in [3.8, 4) is 5.69 Å². The van der Waals surface area contributed by atoms with Crippen molar-refractivity contribution in [2.24, 2.45) is 0 Å². The number of thioether (sulfide) groups is 1. The number of hydrogen-bond donors (Lipinski definition) is 2. The van der Waals surface area contributed by atoms with Gasteiger partial charge in [-0.15, -0.1) is 0 Å². The van der Waals surface area contributed by atoms with Crippen molar-refractivity contribution in [1.82, 2.24) is 19.1 Å². The average Bonchev–Trinajstić information content (AvgIpc) is 2.82. The molecule has 0 saturated carbocycles. The van der Waals surface area contributed by atoms with Gasteiger partial charge in [0.1, 0.15) is 17.2 Å². The molecule has 11 heteroatoms. The molecule has 0 saturated heterocycles. The van der Waals surface area contributed by atoms with E-state index < -0.39 is 28.4 Å². The number of Topliss-reactive ketones (excluding diaryl/α,β-unsaturated/α-hetero) is 1. The quantitative estimate of drug-likeness (QED) is 0.229. The van der Waals surface area contributed by atoms with Gasteiger partial charge in [-0.05, 0) is 43.2 Å². The highest BCUT2D eigenvalue weighted by molar-refractivity contribution is 7.99. The van der Waals surface area contributed by atoms with Crippen molar-refractivity contribution in [3.63, 3.8) is 0 Å². The molecule has 0 amide bonds. The van der Waals surface area contributed by atoms with Crippen LogP contribution in [0.4, 0.5) is 10.2 Å². The molecule has 35 heavy (non-hydrogen) atoms. The third-order valence-electron chi connectivity index (χ3n) is 5.46. The van der Waals surface area contributed by atoms with Crippen LogP contribution in [0.3, 0.4) is 0 Å². The lowest BCUT2D eigenvalue weighted by molar-refractivity contribution is 0.102. The summed E-state index contributed by atoms with van der Waals surface area (Å²) in [5.74, 6) is -1.64.